The molecule has 0 aliphatic rings. The van der Waals surface area contributed by atoms with Crippen LogP contribution in [0.15, 0.2) is 65.2 Å². The highest BCUT2D eigenvalue weighted by atomic mass is 32.1. The number of pyridine rings is 1. The van der Waals surface area contributed by atoms with Gasteiger partial charge in [-0.15, -0.1) is 11.3 Å². The van der Waals surface area contributed by atoms with Crippen molar-refractivity contribution in [2.45, 2.75) is 26.3 Å². The fraction of sp³-hybridized carbons (Fsp3) is 0.182. The largest absolute Gasteiger partial charge is 0.309 e. The average Bonchev–Trinajstić information content (AvgIpc) is 3.16. The number of aromatic nitrogens is 3. The molecule has 0 saturated heterocycles. The summed E-state index contributed by atoms with van der Waals surface area (Å²) >= 11 is 1.43. The predicted molar refractivity (Wildman–Crippen MR) is 116 cm³/mol. The van der Waals surface area contributed by atoms with Crippen molar-refractivity contribution < 1.29 is 4.79 Å². The lowest BCUT2D eigenvalue weighted by Gasteiger charge is -2.08. The SMILES string of the molecule is CC(C)c1ccc(-c2csc3ncn(CC(=O)Nc4ccccn4)c(=O)c23)cc1. The van der Waals surface area contributed by atoms with Gasteiger partial charge in [0.1, 0.15) is 17.2 Å². The lowest BCUT2D eigenvalue weighted by molar-refractivity contribution is -0.116. The lowest BCUT2D eigenvalue weighted by atomic mass is 9.99. The Morgan fingerprint density at radius 1 is 1.14 bits per heavy atom. The van der Waals surface area contributed by atoms with E-state index in [0.29, 0.717) is 22.0 Å². The number of hydrogen-bond acceptors (Lipinski definition) is 5. The van der Waals surface area contributed by atoms with Gasteiger partial charge in [0.25, 0.3) is 5.56 Å². The highest BCUT2D eigenvalue weighted by Crippen LogP contribution is 2.31. The molecule has 6 nitrogen and oxygen atoms in total. The molecule has 0 aliphatic heterocycles. The molecule has 0 spiro atoms. The fourth-order valence-corrected chi connectivity index (χ4v) is 4.02. The molecule has 1 amide bonds. The van der Waals surface area contributed by atoms with Crippen molar-refractivity contribution in [2.24, 2.45) is 0 Å². The second kappa shape index (κ2) is 7.97. The minimum atomic E-state index is -0.329. The quantitative estimate of drug-likeness (QED) is 0.539. The third-order valence-corrected chi connectivity index (χ3v) is 5.58. The number of fused-ring (bicyclic) bond motifs is 1. The molecular formula is C22H20N4O2S. The molecular weight excluding hydrogens is 384 g/mol. The maximum atomic E-state index is 13.1. The average molecular weight is 404 g/mol. The van der Waals surface area contributed by atoms with Crippen LogP contribution in [0.5, 0.6) is 0 Å². The summed E-state index contributed by atoms with van der Waals surface area (Å²) < 4.78 is 1.33. The third-order valence-electron chi connectivity index (χ3n) is 4.70. The van der Waals surface area contributed by atoms with Crippen molar-refractivity contribution in [2.75, 3.05) is 5.32 Å². The number of rotatable bonds is 5. The number of carbonyl (C=O) groups excluding carboxylic acids is 1. The van der Waals surface area contributed by atoms with Crippen LogP contribution in [0.1, 0.15) is 25.3 Å². The molecule has 1 aromatic carbocycles. The zero-order valence-corrected chi connectivity index (χ0v) is 16.9. The molecule has 1 N–H and O–H groups in total. The van der Waals surface area contributed by atoms with E-state index < -0.39 is 0 Å². The second-order valence-electron chi connectivity index (χ2n) is 7.05. The Balaban J connectivity index is 1.65. The molecule has 7 heteroatoms. The molecule has 0 radical (unpaired) electrons. The van der Waals surface area contributed by atoms with E-state index in [-0.39, 0.29) is 18.0 Å². The van der Waals surface area contributed by atoms with E-state index in [0.717, 1.165) is 11.1 Å². The van der Waals surface area contributed by atoms with Crippen LogP contribution in [0.25, 0.3) is 21.3 Å². The van der Waals surface area contributed by atoms with Crippen molar-refractivity contribution >= 4 is 33.3 Å². The molecule has 3 aromatic heterocycles. The maximum Gasteiger partial charge on any atom is 0.263 e. The number of carbonyl (C=O) groups is 1. The Bertz CT molecular complexity index is 1210. The number of nitrogens with one attached hydrogen (secondary N) is 1. The van der Waals surface area contributed by atoms with Gasteiger partial charge in [-0.25, -0.2) is 9.97 Å². The summed E-state index contributed by atoms with van der Waals surface area (Å²) in [5.74, 6) is 0.561. The molecule has 4 aromatic rings. The van der Waals surface area contributed by atoms with Crippen LogP contribution in [0.3, 0.4) is 0 Å². The van der Waals surface area contributed by atoms with Crippen LogP contribution < -0.4 is 10.9 Å². The Hall–Kier alpha value is -3.32. The van der Waals surface area contributed by atoms with Gasteiger partial charge in [-0.3, -0.25) is 14.2 Å². The van der Waals surface area contributed by atoms with Gasteiger partial charge in [0.05, 0.1) is 11.7 Å². The van der Waals surface area contributed by atoms with E-state index in [1.807, 2.05) is 17.5 Å². The number of amides is 1. The fourth-order valence-electron chi connectivity index (χ4n) is 3.11. The van der Waals surface area contributed by atoms with E-state index in [1.54, 1.807) is 24.4 Å². The van der Waals surface area contributed by atoms with E-state index in [4.69, 9.17) is 0 Å². The first-order valence-corrected chi connectivity index (χ1v) is 10.2. The van der Waals surface area contributed by atoms with Crippen LogP contribution >= 0.6 is 11.3 Å². The van der Waals surface area contributed by atoms with Crippen LogP contribution in [0, 0.1) is 0 Å². The van der Waals surface area contributed by atoms with Gasteiger partial charge >= 0.3 is 0 Å². The topological polar surface area (TPSA) is 76.9 Å². The maximum absolute atomic E-state index is 13.1. The number of benzene rings is 1. The lowest BCUT2D eigenvalue weighted by Crippen LogP contribution is -2.28. The standard InChI is InChI=1S/C22H20N4O2S/c1-14(2)15-6-8-16(9-7-15)17-12-29-21-20(17)22(28)26(13-24-21)11-19(27)25-18-5-3-4-10-23-18/h3-10,12-14H,11H2,1-2H3,(H,23,25,27). The Morgan fingerprint density at radius 3 is 2.62 bits per heavy atom. The summed E-state index contributed by atoms with van der Waals surface area (Å²) in [5.41, 5.74) is 2.83. The summed E-state index contributed by atoms with van der Waals surface area (Å²) in [7, 11) is 0. The van der Waals surface area contributed by atoms with Crippen molar-refractivity contribution in [3.63, 3.8) is 0 Å². The first-order valence-electron chi connectivity index (χ1n) is 9.31. The normalized spacial score (nSPS) is 11.1. The molecule has 3 heterocycles. The monoisotopic (exact) mass is 404 g/mol. The first kappa shape index (κ1) is 19.0. The van der Waals surface area contributed by atoms with Gasteiger partial charge in [0, 0.05) is 17.1 Å². The molecule has 0 fully saturated rings. The summed E-state index contributed by atoms with van der Waals surface area (Å²) in [4.78, 5) is 34.5. The van der Waals surface area contributed by atoms with Gasteiger partial charge in [0.2, 0.25) is 5.91 Å². The van der Waals surface area contributed by atoms with Gasteiger partial charge in [-0.05, 0) is 29.2 Å². The summed E-state index contributed by atoms with van der Waals surface area (Å²) in [6.45, 7) is 4.17. The minimum absolute atomic E-state index is 0.125. The molecule has 0 aliphatic carbocycles. The van der Waals surface area contributed by atoms with E-state index in [1.165, 1.54) is 27.8 Å². The van der Waals surface area contributed by atoms with Crippen LogP contribution in [-0.2, 0) is 11.3 Å². The molecule has 0 saturated carbocycles. The number of anilines is 1. The molecule has 146 valence electrons. The predicted octanol–water partition coefficient (Wildman–Crippen LogP) is 4.28. The zero-order valence-electron chi connectivity index (χ0n) is 16.1. The first-order chi connectivity index (χ1) is 14.0. The summed E-state index contributed by atoms with van der Waals surface area (Å²) in [5, 5.41) is 5.18. The minimum Gasteiger partial charge on any atom is -0.309 e. The Kier molecular flexibility index (Phi) is 5.22. The van der Waals surface area contributed by atoms with Gasteiger partial charge in [-0.1, -0.05) is 44.2 Å². The number of nitrogens with zero attached hydrogens (tertiary/aromatic N) is 3. The number of hydrogen-bond donors (Lipinski definition) is 1. The smallest absolute Gasteiger partial charge is 0.263 e. The highest BCUT2D eigenvalue weighted by Gasteiger charge is 2.15. The zero-order chi connectivity index (χ0) is 20.4. The molecule has 4 rings (SSSR count). The molecule has 29 heavy (non-hydrogen) atoms. The Labute approximate surface area is 171 Å². The van der Waals surface area contributed by atoms with E-state index in [9.17, 15) is 9.59 Å². The molecule has 0 atom stereocenters. The molecule has 0 unspecified atom stereocenters. The Morgan fingerprint density at radius 2 is 1.93 bits per heavy atom. The van der Waals surface area contributed by atoms with Gasteiger partial charge < -0.3 is 5.32 Å². The van der Waals surface area contributed by atoms with E-state index in [2.05, 4.69) is 41.3 Å². The third kappa shape index (κ3) is 3.95. The summed E-state index contributed by atoms with van der Waals surface area (Å²) in [6, 6.07) is 13.5. The van der Waals surface area contributed by atoms with Gasteiger partial charge in [0.15, 0.2) is 0 Å². The van der Waals surface area contributed by atoms with E-state index >= 15 is 0 Å². The summed E-state index contributed by atoms with van der Waals surface area (Å²) in [6.07, 6.45) is 3.02. The van der Waals surface area contributed by atoms with Gasteiger partial charge in [-0.2, -0.15) is 0 Å². The van der Waals surface area contributed by atoms with Crippen LogP contribution in [-0.4, -0.2) is 20.4 Å². The van der Waals surface area contributed by atoms with Crippen LogP contribution in [0.4, 0.5) is 5.82 Å². The van der Waals surface area contributed by atoms with Crippen LogP contribution in [0.2, 0.25) is 0 Å². The number of thiophene rings is 1. The van der Waals surface area contributed by atoms with Crippen molar-refractivity contribution in [1.29, 1.82) is 0 Å². The van der Waals surface area contributed by atoms with Crippen molar-refractivity contribution in [3.05, 3.63) is 76.3 Å². The van der Waals surface area contributed by atoms with Crippen molar-refractivity contribution in [1.82, 2.24) is 14.5 Å². The second-order valence-corrected chi connectivity index (χ2v) is 7.91. The van der Waals surface area contributed by atoms with Crippen molar-refractivity contribution in [3.8, 4) is 11.1 Å². The highest BCUT2D eigenvalue weighted by molar-refractivity contribution is 7.17. The molecule has 0 bridgehead atoms.